The van der Waals surface area contributed by atoms with Crippen LogP contribution in [0.4, 0.5) is 0 Å². The molecule has 0 spiro atoms. The largest absolute Gasteiger partial charge is 0.267 e. The average molecular weight is 276 g/mol. The van der Waals surface area contributed by atoms with Gasteiger partial charge in [0.2, 0.25) is 0 Å². The van der Waals surface area contributed by atoms with E-state index in [1.54, 1.807) is 17.1 Å². The van der Waals surface area contributed by atoms with Crippen LogP contribution in [0.25, 0.3) is 0 Å². The highest BCUT2D eigenvalue weighted by molar-refractivity contribution is 9.10. The fourth-order valence-electron chi connectivity index (χ4n) is 1.50. The van der Waals surface area contributed by atoms with Crippen LogP contribution in [0.2, 0.25) is 0 Å². The lowest BCUT2D eigenvalue weighted by Crippen LogP contribution is -2.00. The fourth-order valence-corrected chi connectivity index (χ4v) is 1.75. The SMILES string of the molecule is Cc1cc(Cn2cc(C#N)cn2)ccc1Br. The third kappa shape index (κ3) is 2.31. The molecular formula is C12H10BrN3. The summed E-state index contributed by atoms with van der Waals surface area (Å²) in [6.45, 7) is 2.74. The molecular weight excluding hydrogens is 266 g/mol. The molecule has 0 bridgehead atoms. The lowest BCUT2D eigenvalue weighted by atomic mass is 10.1. The van der Waals surface area contributed by atoms with Gasteiger partial charge in [0.05, 0.1) is 18.3 Å². The van der Waals surface area contributed by atoms with Crippen LogP contribution >= 0.6 is 15.9 Å². The molecule has 1 aromatic carbocycles. The van der Waals surface area contributed by atoms with E-state index >= 15 is 0 Å². The highest BCUT2D eigenvalue weighted by Crippen LogP contribution is 2.17. The smallest absolute Gasteiger partial charge is 0.102 e. The van der Waals surface area contributed by atoms with Gasteiger partial charge in [0.25, 0.3) is 0 Å². The molecule has 2 aromatic rings. The summed E-state index contributed by atoms with van der Waals surface area (Å²) in [5, 5.41) is 12.8. The highest BCUT2D eigenvalue weighted by Gasteiger charge is 2.00. The second-order valence-electron chi connectivity index (χ2n) is 3.62. The number of aromatic nitrogens is 2. The molecule has 1 aromatic heterocycles. The molecule has 3 nitrogen and oxygen atoms in total. The summed E-state index contributed by atoms with van der Waals surface area (Å²) in [7, 11) is 0. The second kappa shape index (κ2) is 4.50. The van der Waals surface area contributed by atoms with Crippen molar-refractivity contribution in [2.75, 3.05) is 0 Å². The van der Waals surface area contributed by atoms with E-state index in [9.17, 15) is 0 Å². The summed E-state index contributed by atoms with van der Waals surface area (Å²) >= 11 is 3.46. The van der Waals surface area contributed by atoms with Gasteiger partial charge in [-0.05, 0) is 24.1 Å². The Kier molecular flexibility index (Phi) is 3.07. The maximum atomic E-state index is 8.69. The monoisotopic (exact) mass is 275 g/mol. The van der Waals surface area contributed by atoms with Gasteiger partial charge in [-0.15, -0.1) is 0 Å². The predicted molar refractivity (Wildman–Crippen MR) is 64.9 cm³/mol. The van der Waals surface area contributed by atoms with Gasteiger partial charge in [-0.25, -0.2) is 0 Å². The van der Waals surface area contributed by atoms with Gasteiger partial charge in [0, 0.05) is 10.7 Å². The Morgan fingerprint density at radius 2 is 2.31 bits per heavy atom. The quantitative estimate of drug-likeness (QED) is 0.846. The molecule has 0 aliphatic heterocycles. The predicted octanol–water partition coefficient (Wildman–Crippen LogP) is 2.87. The lowest BCUT2D eigenvalue weighted by Gasteiger charge is -2.04. The average Bonchev–Trinajstić information content (AvgIpc) is 2.71. The normalized spacial score (nSPS) is 10.1. The van der Waals surface area contributed by atoms with Crippen LogP contribution < -0.4 is 0 Å². The molecule has 0 aliphatic rings. The first-order valence-electron chi connectivity index (χ1n) is 4.86. The van der Waals surface area contributed by atoms with E-state index in [-0.39, 0.29) is 0 Å². The van der Waals surface area contributed by atoms with E-state index in [2.05, 4.69) is 40.1 Å². The summed E-state index contributed by atoms with van der Waals surface area (Å²) in [6, 6.07) is 8.25. The van der Waals surface area contributed by atoms with Crippen molar-refractivity contribution in [3.63, 3.8) is 0 Å². The molecule has 0 saturated heterocycles. The number of hydrogen-bond donors (Lipinski definition) is 0. The molecule has 1 heterocycles. The Morgan fingerprint density at radius 3 is 2.94 bits per heavy atom. The van der Waals surface area contributed by atoms with Crippen molar-refractivity contribution in [1.82, 2.24) is 9.78 Å². The first-order valence-corrected chi connectivity index (χ1v) is 5.66. The van der Waals surface area contributed by atoms with E-state index in [1.807, 2.05) is 12.1 Å². The Labute approximate surface area is 102 Å². The molecule has 0 saturated carbocycles. The standard InChI is InChI=1S/C12H10BrN3/c1-9-4-10(2-3-12(9)13)7-16-8-11(5-14)6-15-16/h2-4,6,8H,7H2,1H3. The molecule has 80 valence electrons. The summed E-state index contributed by atoms with van der Waals surface area (Å²) in [5.74, 6) is 0. The van der Waals surface area contributed by atoms with Crippen LogP contribution in [-0.4, -0.2) is 9.78 Å². The van der Waals surface area contributed by atoms with Crippen LogP contribution in [0.5, 0.6) is 0 Å². The molecule has 16 heavy (non-hydrogen) atoms. The maximum Gasteiger partial charge on any atom is 0.102 e. The van der Waals surface area contributed by atoms with Gasteiger partial charge in [-0.2, -0.15) is 10.4 Å². The minimum atomic E-state index is 0.592. The van der Waals surface area contributed by atoms with Gasteiger partial charge < -0.3 is 0 Å². The van der Waals surface area contributed by atoms with Crippen molar-refractivity contribution >= 4 is 15.9 Å². The van der Waals surface area contributed by atoms with Crippen LogP contribution in [0.3, 0.4) is 0 Å². The molecule has 0 N–H and O–H groups in total. The van der Waals surface area contributed by atoms with Crippen LogP contribution in [0.15, 0.2) is 35.1 Å². The first kappa shape index (κ1) is 10.9. The number of hydrogen-bond acceptors (Lipinski definition) is 2. The van der Waals surface area contributed by atoms with E-state index in [0.29, 0.717) is 12.1 Å². The number of nitriles is 1. The number of halogens is 1. The Bertz CT molecular complexity index is 552. The summed E-state index contributed by atoms with van der Waals surface area (Å²) in [5.41, 5.74) is 2.97. The first-order chi connectivity index (χ1) is 7.69. The summed E-state index contributed by atoms with van der Waals surface area (Å²) < 4.78 is 2.87. The van der Waals surface area contributed by atoms with Crippen molar-refractivity contribution in [2.45, 2.75) is 13.5 Å². The zero-order valence-electron chi connectivity index (χ0n) is 8.81. The zero-order valence-corrected chi connectivity index (χ0v) is 10.4. The summed E-state index contributed by atoms with van der Waals surface area (Å²) in [6.07, 6.45) is 3.32. The fraction of sp³-hybridized carbons (Fsp3) is 0.167. The van der Waals surface area contributed by atoms with Crippen LogP contribution in [-0.2, 0) is 6.54 Å². The third-order valence-corrected chi connectivity index (χ3v) is 3.22. The Balaban J connectivity index is 2.21. The van der Waals surface area contributed by atoms with E-state index in [1.165, 1.54) is 11.1 Å². The molecule has 0 amide bonds. The zero-order chi connectivity index (χ0) is 11.5. The molecule has 0 atom stereocenters. The van der Waals surface area contributed by atoms with E-state index < -0.39 is 0 Å². The molecule has 2 rings (SSSR count). The van der Waals surface area contributed by atoms with Gasteiger partial charge in [-0.3, -0.25) is 4.68 Å². The molecule has 0 aliphatic carbocycles. The number of benzene rings is 1. The maximum absolute atomic E-state index is 8.69. The van der Waals surface area contributed by atoms with Crippen molar-refractivity contribution in [3.05, 3.63) is 51.8 Å². The number of nitrogens with zero attached hydrogens (tertiary/aromatic N) is 3. The van der Waals surface area contributed by atoms with Gasteiger partial charge in [0.1, 0.15) is 6.07 Å². The third-order valence-electron chi connectivity index (χ3n) is 2.33. The van der Waals surface area contributed by atoms with Crippen LogP contribution in [0.1, 0.15) is 16.7 Å². The van der Waals surface area contributed by atoms with Crippen molar-refractivity contribution in [3.8, 4) is 6.07 Å². The Hall–Kier alpha value is -1.60. The highest BCUT2D eigenvalue weighted by atomic mass is 79.9. The number of rotatable bonds is 2. The molecule has 0 fully saturated rings. The Morgan fingerprint density at radius 1 is 1.50 bits per heavy atom. The molecule has 0 radical (unpaired) electrons. The number of aryl methyl sites for hydroxylation is 1. The summed E-state index contributed by atoms with van der Waals surface area (Å²) in [4.78, 5) is 0. The van der Waals surface area contributed by atoms with Gasteiger partial charge >= 0.3 is 0 Å². The molecule has 4 heteroatoms. The minimum absolute atomic E-state index is 0.592. The van der Waals surface area contributed by atoms with E-state index in [0.717, 1.165) is 4.47 Å². The van der Waals surface area contributed by atoms with Crippen molar-refractivity contribution < 1.29 is 0 Å². The van der Waals surface area contributed by atoms with E-state index in [4.69, 9.17) is 5.26 Å². The van der Waals surface area contributed by atoms with Crippen molar-refractivity contribution in [2.24, 2.45) is 0 Å². The lowest BCUT2D eigenvalue weighted by molar-refractivity contribution is 0.686. The minimum Gasteiger partial charge on any atom is -0.267 e. The van der Waals surface area contributed by atoms with Crippen LogP contribution in [0, 0.1) is 18.3 Å². The van der Waals surface area contributed by atoms with Gasteiger partial charge in [0.15, 0.2) is 0 Å². The van der Waals surface area contributed by atoms with Gasteiger partial charge in [-0.1, -0.05) is 28.1 Å². The topological polar surface area (TPSA) is 41.6 Å². The molecule has 0 unspecified atom stereocenters. The second-order valence-corrected chi connectivity index (χ2v) is 4.48. The van der Waals surface area contributed by atoms with Crippen molar-refractivity contribution in [1.29, 1.82) is 5.26 Å².